The number of thiazole rings is 1. The van der Waals surface area contributed by atoms with E-state index in [1.54, 1.807) is 12.4 Å². The monoisotopic (exact) mass is 362 g/mol. The average Bonchev–Trinajstić information content (AvgIpc) is 3.33. The van der Waals surface area contributed by atoms with Crippen molar-refractivity contribution in [2.75, 3.05) is 5.32 Å². The van der Waals surface area contributed by atoms with E-state index in [0.29, 0.717) is 22.0 Å². The molecule has 0 aliphatic rings. The number of nitrogens with zero attached hydrogens (tertiary/aromatic N) is 3. The molecule has 6 nitrogen and oxygen atoms in total. The van der Waals surface area contributed by atoms with Crippen LogP contribution in [-0.4, -0.2) is 20.9 Å². The van der Waals surface area contributed by atoms with Crippen molar-refractivity contribution in [3.8, 4) is 22.0 Å². The van der Waals surface area contributed by atoms with E-state index >= 15 is 0 Å². The zero-order valence-electron chi connectivity index (χ0n) is 13.8. The minimum absolute atomic E-state index is 0.186. The van der Waals surface area contributed by atoms with Crippen LogP contribution in [0.4, 0.5) is 5.69 Å². The molecule has 0 radical (unpaired) electrons. The number of hydrogen-bond donors (Lipinski definition) is 1. The average molecular weight is 362 g/mol. The maximum atomic E-state index is 12.6. The number of aryl methyl sites for hydroxylation is 1. The Morgan fingerprint density at radius 2 is 2.00 bits per heavy atom. The van der Waals surface area contributed by atoms with Gasteiger partial charge in [-0.2, -0.15) is 0 Å². The molecular formula is C19H14N4O2S. The zero-order chi connectivity index (χ0) is 17.9. The molecular weight excluding hydrogens is 348 g/mol. The van der Waals surface area contributed by atoms with Gasteiger partial charge in [-0.25, -0.2) is 9.97 Å². The third-order valence-electron chi connectivity index (χ3n) is 3.75. The Balaban J connectivity index is 1.52. The SMILES string of the molecule is Cc1nc(-c2ccccn2)sc1C(=O)Nc1ccc(-c2cnco2)cc1. The summed E-state index contributed by atoms with van der Waals surface area (Å²) < 4.78 is 5.26. The van der Waals surface area contributed by atoms with Crippen molar-refractivity contribution in [3.63, 3.8) is 0 Å². The summed E-state index contributed by atoms with van der Waals surface area (Å²) >= 11 is 1.33. The molecule has 0 aliphatic carbocycles. The lowest BCUT2D eigenvalue weighted by Crippen LogP contribution is -2.11. The van der Waals surface area contributed by atoms with Crippen molar-refractivity contribution in [1.29, 1.82) is 0 Å². The third kappa shape index (κ3) is 3.25. The van der Waals surface area contributed by atoms with Gasteiger partial charge in [0.05, 0.1) is 17.6 Å². The normalized spacial score (nSPS) is 10.7. The number of carbonyl (C=O) groups is 1. The largest absolute Gasteiger partial charge is 0.444 e. The number of rotatable bonds is 4. The lowest BCUT2D eigenvalue weighted by atomic mass is 10.1. The molecule has 1 N–H and O–H groups in total. The minimum atomic E-state index is -0.186. The van der Waals surface area contributed by atoms with Gasteiger partial charge in [-0.05, 0) is 43.3 Å². The second kappa shape index (κ2) is 6.89. The first-order valence-electron chi connectivity index (χ1n) is 7.90. The second-order valence-corrected chi connectivity index (χ2v) is 6.54. The number of amides is 1. The topological polar surface area (TPSA) is 80.9 Å². The van der Waals surface area contributed by atoms with Crippen LogP contribution in [0.2, 0.25) is 0 Å². The maximum absolute atomic E-state index is 12.6. The molecule has 0 saturated carbocycles. The number of hydrogen-bond acceptors (Lipinski definition) is 6. The van der Waals surface area contributed by atoms with Crippen LogP contribution in [0.15, 0.2) is 65.7 Å². The van der Waals surface area contributed by atoms with Gasteiger partial charge in [0.2, 0.25) is 0 Å². The summed E-state index contributed by atoms with van der Waals surface area (Å²) in [7, 11) is 0. The molecule has 3 aromatic heterocycles. The first kappa shape index (κ1) is 16.2. The fourth-order valence-electron chi connectivity index (χ4n) is 2.47. The summed E-state index contributed by atoms with van der Waals surface area (Å²) in [6.07, 6.45) is 4.74. The third-order valence-corrected chi connectivity index (χ3v) is 4.93. The van der Waals surface area contributed by atoms with Crippen LogP contribution in [0.25, 0.3) is 22.0 Å². The lowest BCUT2D eigenvalue weighted by molar-refractivity contribution is 0.103. The maximum Gasteiger partial charge on any atom is 0.267 e. The number of carbonyl (C=O) groups excluding carboxylic acids is 1. The Morgan fingerprint density at radius 1 is 1.15 bits per heavy atom. The zero-order valence-corrected chi connectivity index (χ0v) is 14.7. The fourth-order valence-corrected chi connectivity index (χ4v) is 3.41. The Morgan fingerprint density at radius 3 is 2.69 bits per heavy atom. The smallest absolute Gasteiger partial charge is 0.267 e. The number of oxazole rings is 1. The molecule has 0 unspecified atom stereocenters. The van der Waals surface area contributed by atoms with Gasteiger partial charge in [0.25, 0.3) is 5.91 Å². The molecule has 26 heavy (non-hydrogen) atoms. The fraction of sp³-hybridized carbons (Fsp3) is 0.0526. The van der Waals surface area contributed by atoms with E-state index in [1.807, 2.05) is 49.4 Å². The molecule has 3 heterocycles. The first-order valence-corrected chi connectivity index (χ1v) is 8.71. The standard InChI is InChI=1S/C19H14N4O2S/c1-12-17(26-19(22-12)15-4-2-3-9-21-15)18(24)23-14-7-5-13(6-8-14)16-10-20-11-25-16/h2-11H,1H3,(H,23,24). The van der Waals surface area contributed by atoms with Crippen molar-refractivity contribution in [2.24, 2.45) is 0 Å². The molecule has 0 bridgehead atoms. The van der Waals surface area contributed by atoms with Crippen LogP contribution in [0, 0.1) is 6.92 Å². The van der Waals surface area contributed by atoms with E-state index in [9.17, 15) is 4.79 Å². The molecule has 1 amide bonds. The van der Waals surface area contributed by atoms with Gasteiger partial charge in [-0.1, -0.05) is 6.07 Å². The van der Waals surface area contributed by atoms with Crippen LogP contribution >= 0.6 is 11.3 Å². The van der Waals surface area contributed by atoms with Gasteiger partial charge in [0, 0.05) is 17.4 Å². The Bertz CT molecular complexity index is 1030. The number of nitrogens with one attached hydrogen (secondary N) is 1. The molecule has 0 fully saturated rings. The first-order chi connectivity index (χ1) is 12.7. The molecule has 0 spiro atoms. The van der Waals surface area contributed by atoms with Crippen molar-refractivity contribution in [1.82, 2.24) is 15.0 Å². The van der Waals surface area contributed by atoms with Gasteiger partial charge >= 0.3 is 0 Å². The van der Waals surface area contributed by atoms with Crippen molar-refractivity contribution in [2.45, 2.75) is 6.92 Å². The molecule has 1 aromatic carbocycles. The van der Waals surface area contributed by atoms with Gasteiger partial charge < -0.3 is 9.73 Å². The van der Waals surface area contributed by atoms with E-state index in [0.717, 1.165) is 16.3 Å². The molecule has 7 heteroatoms. The molecule has 4 aromatic rings. The molecule has 4 rings (SSSR count). The second-order valence-electron chi connectivity index (χ2n) is 5.55. The van der Waals surface area contributed by atoms with Crippen LogP contribution in [-0.2, 0) is 0 Å². The number of anilines is 1. The molecule has 128 valence electrons. The predicted molar refractivity (Wildman–Crippen MR) is 100.0 cm³/mol. The molecule has 0 atom stereocenters. The van der Waals surface area contributed by atoms with E-state index in [2.05, 4.69) is 20.3 Å². The summed E-state index contributed by atoms with van der Waals surface area (Å²) in [5.74, 6) is 0.496. The number of pyridine rings is 1. The highest BCUT2D eigenvalue weighted by molar-refractivity contribution is 7.17. The highest BCUT2D eigenvalue weighted by Gasteiger charge is 2.17. The van der Waals surface area contributed by atoms with Crippen LogP contribution in [0.5, 0.6) is 0 Å². The van der Waals surface area contributed by atoms with Crippen LogP contribution in [0.3, 0.4) is 0 Å². The van der Waals surface area contributed by atoms with E-state index in [4.69, 9.17) is 4.42 Å². The summed E-state index contributed by atoms with van der Waals surface area (Å²) in [6, 6.07) is 13.0. The summed E-state index contributed by atoms with van der Waals surface area (Å²) in [6.45, 7) is 1.82. The van der Waals surface area contributed by atoms with Crippen molar-refractivity contribution < 1.29 is 9.21 Å². The predicted octanol–water partition coefficient (Wildman–Crippen LogP) is 4.42. The quantitative estimate of drug-likeness (QED) is 0.581. The highest BCUT2D eigenvalue weighted by atomic mass is 32.1. The van der Waals surface area contributed by atoms with E-state index < -0.39 is 0 Å². The van der Waals surface area contributed by atoms with E-state index in [-0.39, 0.29) is 5.91 Å². The van der Waals surface area contributed by atoms with Crippen molar-refractivity contribution >= 4 is 22.9 Å². The van der Waals surface area contributed by atoms with Gasteiger partial charge in [-0.15, -0.1) is 11.3 Å². The van der Waals surface area contributed by atoms with Gasteiger partial charge in [0.1, 0.15) is 9.88 Å². The molecule has 0 aliphatic heterocycles. The van der Waals surface area contributed by atoms with Crippen LogP contribution < -0.4 is 5.32 Å². The Hall–Kier alpha value is -3.32. The highest BCUT2D eigenvalue weighted by Crippen LogP contribution is 2.27. The Labute approximate surface area is 153 Å². The van der Waals surface area contributed by atoms with E-state index in [1.165, 1.54) is 17.7 Å². The van der Waals surface area contributed by atoms with Gasteiger partial charge in [-0.3, -0.25) is 9.78 Å². The van der Waals surface area contributed by atoms with Crippen LogP contribution in [0.1, 0.15) is 15.4 Å². The molecule has 0 saturated heterocycles. The van der Waals surface area contributed by atoms with Gasteiger partial charge in [0.15, 0.2) is 12.2 Å². The number of aromatic nitrogens is 3. The van der Waals surface area contributed by atoms with Crippen molar-refractivity contribution in [3.05, 3.63) is 71.8 Å². The summed E-state index contributed by atoms with van der Waals surface area (Å²) in [5.41, 5.74) is 3.04. The lowest BCUT2D eigenvalue weighted by Gasteiger charge is -2.04. The number of benzene rings is 1. The minimum Gasteiger partial charge on any atom is -0.444 e. The Kier molecular flexibility index (Phi) is 4.28. The summed E-state index contributed by atoms with van der Waals surface area (Å²) in [5, 5.41) is 3.63. The summed E-state index contributed by atoms with van der Waals surface area (Å²) in [4.78, 5) is 25.8.